The summed E-state index contributed by atoms with van der Waals surface area (Å²) in [6, 6.07) is 0.591. The third-order valence-corrected chi connectivity index (χ3v) is 4.70. The highest BCUT2D eigenvalue weighted by atomic mass is 16.5. The molecule has 0 spiro atoms. The fourth-order valence-electron chi connectivity index (χ4n) is 3.22. The molecule has 8 nitrogen and oxygen atoms in total. The number of carbonyl (C=O) groups is 1. The van der Waals surface area contributed by atoms with Crippen LogP contribution in [-0.4, -0.2) is 55.8 Å². The van der Waals surface area contributed by atoms with Crippen LogP contribution in [0.25, 0.3) is 0 Å². The van der Waals surface area contributed by atoms with E-state index in [-0.39, 0.29) is 11.7 Å². The molecule has 1 aliphatic rings. The Morgan fingerprint density at radius 2 is 2.20 bits per heavy atom. The Kier molecular flexibility index (Phi) is 5.17. The molecule has 1 saturated heterocycles. The maximum atomic E-state index is 11.6. The minimum atomic E-state index is -0.448. The fourth-order valence-corrected chi connectivity index (χ4v) is 3.22. The Balaban J connectivity index is 1.67. The fraction of sp³-hybridized carbons (Fsp3) is 0.647. The maximum Gasteiger partial charge on any atom is 0.360 e. The summed E-state index contributed by atoms with van der Waals surface area (Å²) < 4.78 is 8.51. The van der Waals surface area contributed by atoms with Gasteiger partial charge in [0, 0.05) is 30.9 Å². The van der Waals surface area contributed by atoms with E-state index in [1.54, 1.807) is 10.9 Å². The van der Waals surface area contributed by atoms with Crippen LogP contribution in [0.1, 0.15) is 60.5 Å². The normalized spacial score (nSPS) is 18.7. The molecule has 2 aromatic heterocycles. The molecule has 0 saturated carbocycles. The van der Waals surface area contributed by atoms with Crippen LogP contribution in [-0.2, 0) is 11.3 Å². The van der Waals surface area contributed by atoms with E-state index >= 15 is 0 Å². The van der Waals surface area contributed by atoms with Crippen molar-refractivity contribution in [1.29, 1.82) is 0 Å². The second kappa shape index (κ2) is 7.35. The first-order chi connectivity index (χ1) is 12.0. The highest BCUT2D eigenvalue weighted by Gasteiger charge is 2.24. The molecule has 0 aromatic carbocycles. The zero-order valence-electron chi connectivity index (χ0n) is 15.3. The number of aromatic nitrogens is 5. The molecule has 0 amide bonds. The third kappa shape index (κ3) is 3.89. The Labute approximate surface area is 147 Å². The van der Waals surface area contributed by atoms with Gasteiger partial charge >= 0.3 is 5.97 Å². The number of piperidine rings is 1. The zero-order chi connectivity index (χ0) is 18.0. The van der Waals surface area contributed by atoms with Gasteiger partial charge in [-0.15, -0.1) is 5.10 Å². The van der Waals surface area contributed by atoms with Crippen LogP contribution in [0, 0.1) is 6.92 Å². The molecule has 2 aromatic rings. The van der Waals surface area contributed by atoms with E-state index in [0.29, 0.717) is 6.04 Å². The van der Waals surface area contributed by atoms with Crippen LogP contribution >= 0.6 is 0 Å². The lowest BCUT2D eigenvalue weighted by molar-refractivity contribution is 0.0594. The van der Waals surface area contributed by atoms with Crippen molar-refractivity contribution >= 4 is 5.97 Å². The summed E-state index contributed by atoms with van der Waals surface area (Å²) in [5, 5.41) is 12.6. The van der Waals surface area contributed by atoms with E-state index in [1.807, 2.05) is 4.68 Å². The molecule has 0 unspecified atom stereocenters. The average molecular weight is 346 g/mol. The Morgan fingerprint density at radius 3 is 2.88 bits per heavy atom. The Hall–Kier alpha value is -2.22. The second-order valence-corrected chi connectivity index (χ2v) is 6.92. The molecule has 1 atom stereocenters. The first kappa shape index (κ1) is 17.6. The van der Waals surface area contributed by atoms with Gasteiger partial charge in [-0.3, -0.25) is 9.58 Å². The molecule has 136 valence electrons. The number of esters is 1. The van der Waals surface area contributed by atoms with Crippen molar-refractivity contribution in [2.45, 2.75) is 52.2 Å². The molecule has 0 bridgehead atoms. The lowest BCUT2D eigenvalue weighted by atomic mass is 10.1. The highest BCUT2D eigenvalue weighted by molar-refractivity contribution is 5.86. The van der Waals surface area contributed by atoms with Gasteiger partial charge in [-0.2, -0.15) is 5.10 Å². The third-order valence-electron chi connectivity index (χ3n) is 4.70. The quantitative estimate of drug-likeness (QED) is 0.771. The molecule has 25 heavy (non-hydrogen) atoms. The van der Waals surface area contributed by atoms with Crippen LogP contribution < -0.4 is 0 Å². The smallest absolute Gasteiger partial charge is 0.360 e. The monoisotopic (exact) mass is 346 g/mol. The van der Waals surface area contributed by atoms with Crippen molar-refractivity contribution < 1.29 is 9.53 Å². The number of hydrogen-bond donors (Lipinski definition) is 0. The minimum Gasteiger partial charge on any atom is -0.464 e. The SMILES string of the molecule is COC(=O)c1cn([C@@H]2CCCN(Cc3cn(C(C)C)nc3C)C2)nn1. The molecule has 0 aliphatic carbocycles. The summed E-state index contributed by atoms with van der Waals surface area (Å²) in [6.07, 6.45) is 5.96. The maximum absolute atomic E-state index is 11.6. The van der Waals surface area contributed by atoms with E-state index in [4.69, 9.17) is 4.74 Å². The lowest BCUT2D eigenvalue weighted by Gasteiger charge is -2.32. The first-order valence-corrected chi connectivity index (χ1v) is 8.75. The van der Waals surface area contributed by atoms with Crippen LogP contribution in [0.3, 0.4) is 0 Å². The average Bonchev–Trinajstić information content (AvgIpc) is 3.22. The summed E-state index contributed by atoms with van der Waals surface area (Å²) in [5.74, 6) is -0.448. The molecule has 0 radical (unpaired) electrons. The van der Waals surface area contributed by atoms with Crippen LogP contribution in [0.2, 0.25) is 0 Å². The first-order valence-electron chi connectivity index (χ1n) is 8.75. The number of ether oxygens (including phenoxy) is 1. The molecular formula is C17H26N6O2. The van der Waals surface area contributed by atoms with Gasteiger partial charge in [0.05, 0.1) is 25.0 Å². The number of aryl methyl sites for hydroxylation is 1. The molecule has 1 fully saturated rings. The van der Waals surface area contributed by atoms with Gasteiger partial charge in [0.25, 0.3) is 0 Å². The number of hydrogen-bond acceptors (Lipinski definition) is 6. The Morgan fingerprint density at radius 1 is 1.40 bits per heavy atom. The molecular weight excluding hydrogens is 320 g/mol. The molecule has 1 aliphatic heterocycles. The summed E-state index contributed by atoms with van der Waals surface area (Å²) in [6.45, 7) is 9.16. The Bertz CT molecular complexity index is 735. The number of likely N-dealkylation sites (tertiary alicyclic amines) is 1. The van der Waals surface area contributed by atoms with Crippen molar-refractivity contribution in [1.82, 2.24) is 29.7 Å². The number of nitrogens with zero attached hydrogens (tertiary/aromatic N) is 6. The molecule has 3 heterocycles. The van der Waals surface area contributed by atoms with E-state index < -0.39 is 5.97 Å². The summed E-state index contributed by atoms with van der Waals surface area (Å²) in [5.41, 5.74) is 2.61. The van der Waals surface area contributed by atoms with Crippen molar-refractivity contribution in [3.05, 3.63) is 29.3 Å². The highest BCUT2D eigenvalue weighted by Crippen LogP contribution is 2.23. The number of methoxy groups -OCH3 is 1. The molecule has 0 N–H and O–H groups in total. The van der Waals surface area contributed by atoms with Crippen molar-refractivity contribution in [3.63, 3.8) is 0 Å². The van der Waals surface area contributed by atoms with Gasteiger partial charge in [0.1, 0.15) is 0 Å². The topological polar surface area (TPSA) is 78.1 Å². The van der Waals surface area contributed by atoms with Gasteiger partial charge in [-0.05, 0) is 40.2 Å². The summed E-state index contributed by atoms with van der Waals surface area (Å²) in [4.78, 5) is 14.0. The van der Waals surface area contributed by atoms with E-state index in [2.05, 4.69) is 47.3 Å². The predicted octanol–water partition coefficient (Wildman–Crippen LogP) is 1.99. The van der Waals surface area contributed by atoms with Gasteiger partial charge < -0.3 is 4.74 Å². The largest absolute Gasteiger partial charge is 0.464 e. The van der Waals surface area contributed by atoms with Gasteiger partial charge in [0.2, 0.25) is 0 Å². The van der Waals surface area contributed by atoms with Crippen molar-refractivity contribution in [2.75, 3.05) is 20.2 Å². The van der Waals surface area contributed by atoms with E-state index in [9.17, 15) is 4.79 Å². The van der Waals surface area contributed by atoms with E-state index in [0.717, 1.165) is 38.2 Å². The molecule has 8 heteroatoms. The minimum absolute atomic E-state index is 0.222. The van der Waals surface area contributed by atoms with Crippen LogP contribution in [0.4, 0.5) is 0 Å². The van der Waals surface area contributed by atoms with Crippen molar-refractivity contribution in [2.24, 2.45) is 0 Å². The van der Waals surface area contributed by atoms with Gasteiger partial charge in [-0.1, -0.05) is 5.21 Å². The van der Waals surface area contributed by atoms with Gasteiger partial charge in [-0.25, -0.2) is 9.48 Å². The summed E-state index contributed by atoms with van der Waals surface area (Å²) in [7, 11) is 1.35. The van der Waals surface area contributed by atoms with Gasteiger partial charge in [0.15, 0.2) is 5.69 Å². The number of carbonyl (C=O) groups excluding carboxylic acids is 1. The zero-order valence-corrected chi connectivity index (χ0v) is 15.3. The van der Waals surface area contributed by atoms with Crippen LogP contribution in [0.15, 0.2) is 12.4 Å². The lowest BCUT2D eigenvalue weighted by Crippen LogP contribution is -2.36. The molecule has 3 rings (SSSR count). The second-order valence-electron chi connectivity index (χ2n) is 6.92. The number of rotatable bonds is 5. The van der Waals surface area contributed by atoms with Crippen LogP contribution in [0.5, 0.6) is 0 Å². The predicted molar refractivity (Wildman–Crippen MR) is 92.3 cm³/mol. The standard InChI is InChI=1S/C17H26N6O2/c1-12(2)22-9-14(13(3)19-22)8-21-7-5-6-15(10-21)23-11-16(18-20-23)17(24)25-4/h9,11-12,15H,5-8,10H2,1-4H3/t15-/m1/s1. The summed E-state index contributed by atoms with van der Waals surface area (Å²) >= 11 is 0. The van der Waals surface area contributed by atoms with E-state index in [1.165, 1.54) is 12.7 Å². The van der Waals surface area contributed by atoms with Crippen molar-refractivity contribution in [3.8, 4) is 0 Å².